The number of ether oxygens (including phenoxy) is 1. The fourth-order valence-electron chi connectivity index (χ4n) is 3.45. The first-order valence-corrected chi connectivity index (χ1v) is 13.7. The van der Waals surface area contributed by atoms with Crippen LogP contribution in [-0.2, 0) is 14.6 Å². The number of methoxy groups -OCH3 is 1. The summed E-state index contributed by atoms with van der Waals surface area (Å²) in [6.45, 7) is 4.16. The number of sulfone groups is 1. The molecule has 34 heavy (non-hydrogen) atoms. The van der Waals surface area contributed by atoms with Crippen LogP contribution in [0.2, 0.25) is 0 Å². The molecule has 0 amide bonds. The number of esters is 1. The van der Waals surface area contributed by atoms with E-state index in [9.17, 15) is 13.2 Å². The maximum Gasteiger partial charge on any atom is 0.359 e. The second kappa shape index (κ2) is 9.40. The molecule has 11 heteroatoms. The third-order valence-corrected chi connectivity index (χ3v) is 7.97. The smallest absolute Gasteiger partial charge is 0.359 e. The van der Waals surface area contributed by atoms with Crippen molar-refractivity contribution in [2.45, 2.75) is 24.7 Å². The van der Waals surface area contributed by atoms with Crippen molar-refractivity contribution in [1.29, 1.82) is 0 Å². The molecule has 2 heterocycles. The third kappa shape index (κ3) is 4.55. The number of nitrogens with zero attached hydrogens (tertiary/aromatic N) is 4. The topological polar surface area (TPSA) is 104 Å². The Morgan fingerprint density at radius 1 is 1.09 bits per heavy atom. The quantitative estimate of drug-likeness (QED) is 0.301. The molecular weight excluding hydrogens is 540 g/mol. The molecule has 0 aliphatic carbocycles. The average Bonchev–Trinajstić information content (AvgIpc) is 3.42. The van der Waals surface area contributed by atoms with Gasteiger partial charge in [0.1, 0.15) is 10.7 Å². The Morgan fingerprint density at radius 3 is 2.47 bits per heavy atom. The molecule has 0 bridgehead atoms. The predicted molar refractivity (Wildman–Crippen MR) is 134 cm³/mol. The molecule has 0 atom stereocenters. The van der Waals surface area contributed by atoms with E-state index in [1.54, 1.807) is 22.9 Å². The largest absolute Gasteiger partial charge is 0.464 e. The fraction of sp³-hybridized carbons (Fsp3) is 0.217. The van der Waals surface area contributed by atoms with Crippen LogP contribution in [0.3, 0.4) is 0 Å². The van der Waals surface area contributed by atoms with Crippen molar-refractivity contribution in [3.8, 4) is 27.0 Å². The zero-order chi connectivity index (χ0) is 24.6. The van der Waals surface area contributed by atoms with Crippen LogP contribution in [0, 0.1) is 0 Å². The van der Waals surface area contributed by atoms with Crippen LogP contribution in [0.1, 0.15) is 35.8 Å². The first kappa shape index (κ1) is 24.2. The highest BCUT2D eigenvalue weighted by Gasteiger charge is 2.27. The second-order valence-corrected chi connectivity index (χ2v) is 11.6. The first-order chi connectivity index (χ1) is 16.1. The van der Waals surface area contributed by atoms with Gasteiger partial charge in [-0.15, -0.1) is 10.2 Å². The van der Waals surface area contributed by atoms with E-state index in [2.05, 4.69) is 45.1 Å². The highest BCUT2D eigenvalue weighted by Crippen LogP contribution is 2.39. The lowest BCUT2D eigenvalue weighted by Crippen LogP contribution is -2.07. The minimum atomic E-state index is -3.37. The monoisotopic (exact) mass is 560 g/mol. The molecule has 0 aliphatic heterocycles. The van der Waals surface area contributed by atoms with Gasteiger partial charge in [-0.3, -0.25) is 0 Å². The third-order valence-electron chi connectivity index (χ3n) is 5.13. The van der Waals surface area contributed by atoms with Crippen LogP contribution in [0.4, 0.5) is 0 Å². The summed E-state index contributed by atoms with van der Waals surface area (Å²) in [5.74, 6) is -0.378. The molecule has 4 aromatic rings. The molecule has 0 N–H and O–H groups in total. The summed E-state index contributed by atoms with van der Waals surface area (Å²) >= 11 is 4.79. The van der Waals surface area contributed by atoms with E-state index < -0.39 is 15.8 Å². The van der Waals surface area contributed by atoms with E-state index in [4.69, 9.17) is 4.74 Å². The van der Waals surface area contributed by atoms with Crippen LogP contribution in [0.25, 0.3) is 27.0 Å². The molecule has 4 rings (SSSR count). The molecule has 2 aromatic carbocycles. The van der Waals surface area contributed by atoms with Crippen molar-refractivity contribution in [2.75, 3.05) is 13.4 Å². The molecule has 2 aromatic heterocycles. The standard InChI is InChI=1S/C23H21BrN4O4S2/c1-13(2)16-10-5-6-11-17(16)28-20(18(24)19(27-28)23(29)32-3)22-26-25-21(33-22)14-8-7-9-15(12-14)34(4,30)31/h5-13H,1-4H3. The average molecular weight is 561 g/mol. The van der Waals surface area contributed by atoms with Gasteiger partial charge in [-0.1, -0.05) is 55.5 Å². The van der Waals surface area contributed by atoms with Gasteiger partial charge in [0.05, 0.1) is 22.2 Å². The molecular formula is C23H21BrN4O4S2. The van der Waals surface area contributed by atoms with E-state index >= 15 is 0 Å². The highest BCUT2D eigenvalue weighted by molar-refractivity contribution is 9.10. The molecule has 0 fully saturated rings. The highest BCUT2D eigenvalue weighted by atomic mass is 79.9. The molecule has 0 radical (unpaired) electrons. The molecule has 0 spiro atoms. The minimum Gasteiger partial charge on any atom is -0.464 e. The van der Waals surface area contributed by atoms with Gasteiger partial charge in [-0.05, 0) is 45.6 Å². The van der Waals surface area contributed by atoms with E-state index in [1.165, 1.54) is 24.5 Å². The maximum atomic E-state index is 12.4. The van der Waals surface area contributed by atoms with Crippen molar-refractivity contribution in [3.63, 3.8) is 0 Å². The molecule has 0 unspecified atom stereocenters. The van der Waals surface area contributed by atoms with Crippen LogP contribution in [-0.4, -0.2) is 47.7 Å². The van der Waals surface area contributed by atoms with E-state index in [-0.39, 0.29) is 16.5 Å². The summed E-state index contributed by atoms with van der Waals surface area (Å²) in [6.07, 6.45) is 1.16. The van der Waals surface area contributed by atoms with Crippen LogP contribution >= 0.6 is 27.3 Å². The van der Waals surface area contributed by atoms with Crippen LogP contribution in [0.5, 0.6) is 0 Å². The summed E-state index contributed by atoms with van der Waals surface area (Å²) in [4.78, 5) is 12.6. The number of para-hydroxylation sites is 1. The predicted octanol–water partition coefficient (Wildman–Crippen LogP) is 5.13. The minimum absolute atomic E-state index is 0.117. The Balaban J connectivity index is 1.91. The first-order valence-electron chi connectivity index (χ1n) is 10.2. The molecule has 0 aliphatic rings. The van der Waals surface area contributed by atoms with Crippen molar-refractivity contribution < 1.29 is 17.9 Å². The number of benzene rings is 2. The van der Waals surface area contributed by atoms with Gasteiger partial charge < -0.3 is 4.74 Å². The van der Waals surface area contributed by atoms with E-state index in [1.807, 2.05) is 24.3 Å². The SMILES string of the molecule is COC(=O)c1nn(-c2ccccc2C(C)C)c(-c2nnc(-c3cccc(S(C)(=O)=O)c3)s2)c1Br. The summed E-state index contributed by atoms with van der Waals surface area (Å²) < 4.78 is 31.0. The Bertz CT molecular complexity index is 1490. The van der Waals surface area contributed by atoms with Crippen molar-refractivity contribution in [2.24, 2.45) is 0 Å². The zero-order valence-corrected chi connectivity index (χ0v) is 22.0. The number of aromatic nitrogens is 4. The summed E-state index contributed by atoms with van der Waals surface area (Å²) in [6, 6.07) is 14.4. The number of hydrogen-bond acceptors (Lipinski definition) is 8. The summed E-state index contributed by atoms with van der Waals surface area (Å²) in [7, 11) is -2.07. The number of carbonyl (C=O) groups is 1. The normalized spacial score (nSPS) is 11.7. The Morgan fingerprint density at radius 2 is 1.79 bits per heavy atom. The number of hydrogen-bond donors (Lipinski definition) is 0. The van der Waals surface area contributed by atoms with Gasteiger partial charge in [0, 0.05) is 11.8 Å². The Kier molecular flexibility index (Phi) is 6.70. The van der Waals surface area contributed by atoms with Gasteiger partial charge >= 0.3 is 5.97 Å². The van der Waals surface area contributed by atoms with Gasteiger partial charge in [0.25, 0.3) is 0 Å². The lowest BCUT2D eigenvalue weighted by atomic mass is 10.0. The number of halogens is 1. The van der Waals surface area contributed by atoms with E-state index in [0.717, 1.165) is 17.5 Å². The fourth-order valence-corrected chi connectivity index (χ4v) is 5.72. The van der Waals surface area contributed by atoms with Gasteiger partial charge in [0.15, 0.2) is 20.5 Å². The van der Waals surface area contributed by atoms with Crippen LogP contribution in [0.15, 0.2) is 57.9 Å². The summed E-state index contributed by atoms with van der Waals surface area (Å²) in [5, 5.41) is 14.2. The lowest BCUT2D eigenvalue weighted by Gasteiger charge is -2.14. The second-order valence-electron chi connectivity index (χ2n) is 7.84. The van der Waals surface area contributed by atoms with Gasteiger partial charge in [-0.25, -0.2) is 17.9 Å². The van der Waals surface area contributed by atoms with Gasteiger partial charge in [0.2, 0.25) is 0 Å². The molecule has 0 saturated carbocycles. The molecule has 176 valence electrons. The van der Waals surface area contributed by atoms with Crippen molar-refractivity contribution in [3.05, 3.63) is 64.3 Å². The van der Waals surface area contributed by atoms with Gasteiger partial charge in [-0.2, -0.15) is 5.10 Å². The number of carbonyl (C=O) groups excluding carboxylic acids is 1. The summed E-state index contributed by atoms with van der Waals surface area (Å²) in [5.41, 5.74) is 3.15. The maximum absolute atomic E-state index is 12.4. The zero-order valence-electron chi connectivity index (χ0n) is 18.8. The Hall–Kier alpha value is -2.89. The van der Waals surface area contributed by atoms with Crippen molar-refractivity contribution in [1.82, 2.24) is 20.0 Å². The van der Waals surface area contributed by atoms with Crippen molar-refractivity contribution >= 4 is 43.1 Å². The van der Waals surface area contributed by atoms with Crippen LogP contribution < -0.4 is 0 Å². The van der Waals surface area contributed by atoms with E-state index in [0.29, 0.717) is 25.7 Å². The lowest BCUT2D eigenvalue weighted by molar-refractivity contribution is 0.0592. The molecule has 0 saturated heterocycles. The molecule has 8 nitrogen and oxygen atoms in total. The number of rotatable bonds is 6. The Labute approximate surface area is 209 Å².